The topological polar surface area (TPSA) is 53.4 Å². The van der Waals surface area contributed by atoms with Gasteiger partial charge in [0.25, 0.3) is 5.91 Å². The molecule has 0 saturated heterocycles. The van der Waals surface area contributed by atoms with Crippen molar-refractivity contribution in [2.75, 3.05) is 19.7 Å². The standard InChI is InChI=1S/C15H18N2O2S/c1-12-14(20-11-16-12)15(19)17(9-10-18)8-7-13-5-3-2-4-6-13/h2-6,11,18H,7-10H2,1H3. The minimum absolute atomic E-state index is 0.0294. The smallest absolute Gasteiger partial charge is 0.265 e. The van der Waals surface area contributed by atoms with Crippen LogP contribution in [0.3, 0.4) is 0 Å². The number of aryl methyl sites for hydroxylation is 1. The largest absolute Gasteiger partial charge is 0.395 e. The van der Waals surface area contributed by atoms with Gasteiger partial charge in [0, 0.05) is 13.1 Å². The first-order chi connectivity index (χ1) is 9.72. The third-order valence-electron chi connectivity index (χ3n) is 3.11. The summed E-state index contributed by atoms with van der Waals surface area (Å²) < 4.78 is 0. The van der Waals surface area contributed by atoms with Crippen molar-refractivity contribution in [1.29, 1.82) is 0 Å². The molecule has 5 heteroatoms. The Bertz CT molecular complexity index is 554. The van der Waals surface area contributed by atoms with Crippen LogP contribution in [0.5, 0.6) is 0 Å². The van der Waals surface area contributed by atoms with Gasteiger partial charge in [-0.25, -0.2) is 4.98 Å². The Labute approximate surface area is 122 Å². The number of benzene rings is 1. The molecule has 0 atom stereocenters. The molecule has 0 aliphatic heterocycles. The van der Waals surface area contributed by atoms with Crippen molar-refractivity contribution in [3.8, 4) is 0 Å². The molecule has 0 spiro atoms. The van der Waals surface area contributed by atoms with Crippen LogP contribution in [0.1, 0.15) is 20.9 Å². The molecule has 0 aliphatic carbocycles. The van der Waals surface area contributed by atoms with Crippen LogP contribution in [0.15, 0.2) is 35.8 Å². The fourth-order valence-corrected chi connectivity index (χ4v) is 2.76. The maximum atomic E-state index is 12.4. The summed E-state index contributed by atoms with van der Waals surface area (Å²) in [5, 5.41) is 9.14. The molecule has 0 radical (unpaired) electrons. The molecular formula is C15H18N2O2S. The molecule has 1 amide bonds. The SMILES string of the molecule is Cc1ncsc1C(=O)N(CCO)CCc1ccccc1. The lowest BCUT2D eigenvalue weighted by Crippen LogP contribution is -2.35. The lowest BCUT2D eigenvalue weighted by molar-refractivity contribution is 0.0728. The van der Waals surface area contributed by atoms with Gasteiger partial charge in [-0.3, -0.25) is 4.79 Å². The average Bonchev–Trinajstić information content (AvgIpc) is 2.90. The Balaban J connectivity index is 2.03. The highest BCUT2D eigenvalue weighted by molar-refractivity contribution is 7.11. The summed E-state index contributed by atoms with van der Waals surface area (Å²) in [7, 11) is 0. The first-order valence-electron chi connectivity index (χ1n) is 6.56. The van der Waals surface area contributed by atoms with Crippen LogP contribution in [-0.2, 0) is 6.42 Å². The Morgan fingerprint density at radius 3 is 2.65 bits per heavy atom. The van der Waals surface area contributed by atoms with Gasteiger partial charge in [0.05, 0.1) is 17.8 Å². The maximum Gasteiger partial charge on any atom is 0.265 e. The summed E-state index contributed by atoms with van der Waals surface area (Å²) in [6.07, 6.45) is 0.782. The van der Waals surface area contributed by atoms with E-state index in [4.69, 9.17) is 5.11 Å². The van der Waals surface area contributed by atoms with E-state index in [9.17, 15) is 4.79 Å². The fraction of sp³-hybridized carbons (Fsp3) is 0.333. The molecule has 0 aliphatic rings. The molecule has 1 heterocycles. The number of carbonyl (C=O) groups is 1. The number of nitrogens with zero attached hydrogens (tertiary/aromatic N) is 2. The molecule has 106 valence electrons. The summed E-state index contributed by atoms with van der Waals surface area (Å²) in [6, 6.07) is 10.0. The quantitative estimate of drug-likeness (QED) is 0.886. The summed E-state index contributed by atoms with van der Waals surface area (Å²) in [5.41, 5.74) is 3.61. The molecular weight excluding hydrogens is 272 g/mol. The number of aromatic nitrogens is 1. The Hall–Kier alpha value is -1.72. The number of thiazole rings is 1. The van der Waals surface area contributed by atoms with Gasteiger partial charge in [-0.2, -0.15) is 0 Å². The second-order valence-electron chi connectivity index (χ2n) is 4.52. The van der Waals surface area contributed by atoms with Crippen LogP contribution in [0.4, 0.5) is 0 Å². The van der Waals surface area contributed by atoms with Gasteiger partial charge in [0.15, 0.2) is 0 Å². The van der Waals surface area contributed by atoms with Gasteiger partial charge in [0.2, 0.25) is 0 Å². The summed E-state index contributed by atoms with van der Waals surface area (Å²) in [5.74, 6) is -0.0463. The molecule has 0 unspecified atom stereocenters. The predicted octanol–water partition coefficient (Wildman–Crippen LogP) is 2.13. The molecule has 4 nitrogen and oxygen atoms in total. The van der Waals surface area contributed by atoms with E-state index in [-0.39, 0.29) is 12.5 Å². The van der Waals surface area contributed by atoms with Crippen LogP contribution in [0.2, 0.25) is 0 Å². The van der Waals surface area contributed by atoms with Crippen LogP contribution in [0, 0.1) is 6.92 Å². The molecule has 0 saturated carbocycles. The van der Waals surface area contributed by atoms with Crippen LogP contribution < -0.4 is 0 Å². The van der Waals surface area contributed by atoms with Gasteiger partial charge >= 0.3 is 0 Å². The van der Waals surface area contributed by atoms with E-state index in [1.807, 2.05) is 37.3 Å². The Kier molecular flexibility index (Phi) is 5.26. The van der Waals surface area contributed by atoms with Gasteiger partial charge in [-0.15, -0.1) is 11.3 Å². The zero-order valence-electron chi connectivity index (χ0n) is 11.5. The molecule has 2 rings (SSSR count). The van der Waals surface area contributed by atoms with Crippen molar-refractivity contribution in [2.24, 2.45) is 0 Å². The van der Waals surface area contributed by atoms with Crippen LogP contribution in [-0.4, -0.2) is 40.6 Å². The number of amides is 1. The molecule has 2 aromatic rings. The number of hydrogen-bond donors (Lipinski definition) is 1. The van der Waals surface area contributed by atoms with Crippen LogP contribution >= 0.6 is 11.3 Å². The second-order valence-corrected chi connectivity index (χ2v) is 5.37. The molecule has 1 aromatic carbocycles. The van der Waals surface area contributed by atoms with Crippen molar-refractivity contribution >= 4 is 17.2 Å². The third kappa shape index (κ3) is 3.65. The van der Waals surface area contributed by atoms with E-state index in [1.54, 1.807) is 10.4 Å². The van der Waals surface area contributed by atoms with Crippen molar-refractivity contribution in [3.63, 3.8) is 0 Å². The van der Waals surface area contributed by atoms with E-state index < -0.39 is 0 Å². The molecule has 1 N–H and O–H groups in total. The molecule has 0 fully saturated rings. The highest BCUT2D eigenvalue weighted by atomic mass is 32.1. The highest BCUT2D eigenvalue weighted by Crippen LogP contribution is 2.15. The lowest BCUT2D eigenvalue weighted by Gasteiger charge is -2.21. The van der Waals surface area contributed by atoms with Gasteiger partial charge < -0.3 is 10.0 Å². The number of carbonyl (C=O) groups excluding carboxylic acids is 1. The number of hydrogen-bond acceptors (Lipinski definition) is 4. The van der Waals surface area contributed by atoms with E-state index in [1.165, 1.54) is 16.9 Å². The summed E-state index contributed by atoms with van der Waals surface area (Å²) in [6.45, 7) is 2.75. The minimum atomic E-state index is -0.0463. The molecule has 1 aromatic heterocycles. The van der Waals surface area contributed by atoms with Gasteiger partial charge in [-0.05, 0) is 18.9 Å². The van der Waals surface area contributed by atoms with Gasteiger partial charge in [-0.1, -0.05) is 30.3 Å². The fourth-order valence-electron chi connectivity index (χ4n) is 2.00. The Morgan fingerprint density at radius 1 is 1.30 bits per heavy atom. The molecule has 0 bridgehead atoms. The van der Waals surface area contributed by atoms with Crippen LogP contribution in [0.25, 0.3) is 0 Å². The second kappa shape index (κ2) is 7.17. The number of rotatable bonds is 6. The van der Waals surface area contributed by atoms with E-state index in [0.29, 0.717) is 18.0 Å². The predicted molar refractivity (Wildman–Crippen MR) is 80.0 cm³/mol. The zero-order valence-corrected chi connectivity index (χ0v) is 12.3. The average molecular weight is 290 g/mol. The maximum absolute atomic E-state index is 12.4. The third-order valence-corrected chi connectivity index (χ3v) is 4.03. The van der Waals surface area contributed by atoms with Crippen molar-refractivity contribution in [3.05, 3.63) is 52.0 Å². The summed E-state index contributed by atoms with van der Waals surface area (Å²) >= 11 is 1.35. The normalized spacial score (nSPS) is 10.5. The van der Waals surface area contributed by atoms with Crippen molar-refractivity contribution in [2.45, 2.75) is 13.3 Å². The molecule has 20 heavy (non-hydrogen) atoms. The summed E-state index contributed by atoms with van der Waals surface area (Å²) in [4.78, 5) is 18.9. The number of aliphatic hydroxyl groups is 1. The first kappa shape index (κ1) is 14.7. The lowest BCUT2D eigenvalue weighted by atomic mass is 10.1. The van der Waals surface area contributed by atoms with E-state index in [2.05, 4.69) is 4.98 Å². The first-order valence-corrected chi connectivity index (χ1v) is 7.44. The minimum Gasteiger partial charge on any atom is -0.395 e. The zero-order chi connectivity index (χ0) is 14.4. The number of aliphatic hydroxyl groups excluding tert-OH is 1. The monoisotopic (exact) mass is 290 g/mol. The van der Waals surface area contributed by atoms with Crippen molar-refractivity contribution in [1.82, 2.24) is 9.88 Å². The highest BCUT2D eigenvalue weighted by Gasteiger charge is 2.19. The van der Waals surface area contributed by atoms with Gasteiger partial charge in [0.1, 0.15) is 4.88 Å². The van der Waals surface area contributed by atoms with Crippen molar-refractivity contribution < 1.29 is 9.90 Å². The Morgan fingerprint density at radius 2 is 2.05 bits per heavy atom. The van der Waals surface area contributed by atoms with E-state index in [0.717, 1.165) is 12.1 Å². The van der Waals surface area contributed by atoms with E-state index >= 15 is 0 Å².